The smallest absolute Gasteiger partial charge is 0.226 e. The Labute approximate surface area is 189 Å². The lowest BCUT2D eigenvalue weighted by Crippen LogP contribution is -2.14. The van der Waals surface area contributed by atoms with Gasteiger partial charge < -0.3 is 15.2 Å². The van der Waals surface area contributed by atoms with Gasteiger partial charge in [-0.2, -0.15) is 0 Å². The standard InChI is InChI=1S/C20H23N5O5S2/c1-13-6-8-15(9-7-13)32(28,29)11-10-19-23-24-20(31-19)22-18(27)5-3-4-17(26)21-16-12-14(2)30-25-16/h6-9,12H,3-5,10-11H2,1-2H3,(H,21,25,26)(H,22,24,27). The van der Waals surface area contributed by atoms with Crippen LogP contribution in [0.3, 0.4) is 0 Å². The van der Waals surface area contributed by atoms with Gasteiger partial charge in [0.15, 0.2) is 15.7 Å². The summed E-state index contributed by atoms with van der Waals surface area (Å²) in [5, 5.41) is 17.5. The van der Waals surface area contributed by atoms with E-state index in [9.17, 15) is 18.0 Å². The van der Waals surface area contributed by atoms with Crippen LogP contribution in [0.5, 0.6) is 0 Å². The fraction of sp³-hybridized carbons (Fsp3) is 0.350. The van der Waals surface area contributed by atoms with E-state index in [1.807, 2.05) is 6.92 Å². The highest BCUT2D eigenvalue weighted by atomic mass is 32.2. The van der Waals surface area contributed by atoms with Gasteiger partial charge in [-0.25, -0.2) is 8.42 Å². The molecule has 1 aromatic carbocycles. The predicted molar refractivity (Wildman–Crippen MR) is 119 cm³/mol. The number of anilines is 2. The number of sulfone groups is 1. The number of carbonyl (C=O) groups is 2. The quantitative estimate of drug-likeness (QED) is 0.453. The Balaban J connectivity index is 1.40. The lowest BCUT2D eigenvalue weighted by molar-refractivity contribution is -0.117. The third kappa shape index (κ3) is 6.95. The normalized spacial score (nSPS) is 11.3. The van der Waals surface area contributed by atoms with Crippen LogP contribution in [-0.4, -0.2) is 41.3 Å². The van der Waals surface area contributed by atoms with Gasteiger partial charge in [0.1, 0.15) is 10.8 Å². The molecule has 0 aliphatic carbocycles. The predicted octanol–water partition coefficient (Wildman–Crippen LogP) is 2.91. The molecule has 0 atom stereocenters. The van der Waals surface area contributed by atoms with Gasteiger partial charge >= 0.3 is 0 Å². The maximum atomic E-state index is 12.4. The fourth-order valence-electron chi connectivity index (χ4n) is 2.71. The van der Waals surface area contributed by atoms with E-state index in [4.69, 9.17) is 4.52 Å². The van der Waals surface area contributed by atoms with E-state index >= 15 is 0 Å². The molecule has 0 fully saturated rings. The number of amides is 2. The van der Waals surface area contributed by atoms with Gasteiger partial charge in [0.2, 0.25) is 16.9 Å². The van der Waals surface area contributed by atoms with Crippen molar-refractivity contribution in [3.05, 3.63) is 46.7 Å². The second kappa shape index (κ2) is 10.5. The van der Waals surface area contributed by atoms with Crippen LogP contribution in [0.15, 0.2) is 39.8 Å². The summed E-state index contributed by atoms with van der Waals surface area (Å²) < 4.78 is 29.7. The van der Waals surface area contributed by atoms with Crippen molar-refractivity contribution in [1.82, 2.24) is 15.4 Å². The van der Waals surface area contributed by atoms with Crippen LogP contribution in [0.4, 0.5) is 10.9 Å². The van der Waals surface area contributed by atoms with Crippen molar-refractivity contribution >= 4 is 43.9 Å². The molecule has 10 nitrogen and oxygen atoms in total. The van der Waals surface area contributed by atoms with E-state index in [1.165, 1.54) is 0 Å². The number of nitrogens with one attached hydrogen (secondary N) is 2. The Morgan fingerprint density at radius 2 is 1.72 bits per heavy atom. The number of carbonyl (C=O) groups excluding carboxylic acids is 2. The molecule has 170 valence electrons. The summed E-state index contributed by atoms with van der Waals surface area (Å²) in [6, 6.07) is 8.28. The van der Waals surface area contributed by atoms with Crippen LogP contribution in [0.2, 0.25) is 0 Å². The Hall–Kier alpha value is -3.12. The third-order valence-electron chi connectivity index (χ3n) is 4.38. The minimum Gasteiger partial charge on any atom is -0.360 e. The highest BCUT2D eigenvalue weighted by molar-refractivity contribution is 7.91. The first-order valence-electron chi connectivity index (χ1n) is 9.86. The molecule has 2 aromatic heterocycles. The average Bonchev–Trinajstić information content (AvgIpc) is 3.35. The average molecular weight is 478 g/mol. The summed E-state index contributed by atoms with van der Waals surface area (Å²) in [4.78, 5) is 24.2. The van der Waals surface area contributed by atoms with Crippen molar-refractivity contribution in [2.45, 2.75) is 44.4 Å². The first-order chi connectivity index (χ1) is 15.2. The molecule has 0 unspecified atom stereocenters. The molecule has 0 aliphatic rings. The molecule has 0 radical (unpaired) electrons. The zero-order chi connectivity index (χ0) is 23.1. The van der Waals surface area contributed by atoms with Crippen molar-refractivity contribution in [2.75, 3.05) is 16.4 Å². The molecule has 2 heterocycles. The van der Waals surface area contributed by atoms with Crippen LogP contribution < -0.4 is 10.6 Å². The maximum absolute atomic E-state index is 12.4. The van der Waals surface area contributed by atoms with E-state index in [0.29, 0.717) is 28.1 Å². The van der Waals surface area contributed by atoms with Gasteiger partial charge in [-0.3, -0.25) is 9.59 Å². The molecule has 3 rings (SSSR count). The number of rotatable bonds is 10. The van der Waals surface area contributed by atoms with E-state index in [-0.39, 0.29) is 41.7 Å². The Bertz CT molecular complexity index is 1190. The topological polar surface area (TPSA) is 144 Å². The summed E-state index contributed by atoms with van der Waals surface area (Å²) in [6.45, 7) is 3.61. The second-order valence-corrected chi connectivity index (χ2v) is 10.3. The highest BCUT2D eigenvalue weighted by Gasteiger charge is 2.16. The summed E-state index contributed by atoms with van der Waals surface area (Å²) in [5.41, 5.74) is 0.985. The zero-order valence-corrected chi connectivity index (χ0v) is 19.3. The van der Waals surface area contributed by atoms with Gasteiger partial charge in [-0.15, -0.1) is 10.2 Å². The molecule has 2 N–H and O–H groups in total. The van der Waals surface area contributed by atoms with Crippen molar-refractivity contribution in [2.24, 2.45) is 0 Å². The van der Waals surface area contributed by atoms with Crippen LogP contribution in [-0.2, 0) is 25.8 Å². The molecular weight excluding hydrogens is 454 g/mol. The van der Waals surface area contributed by atoms with Gasteiger partial charge in [0.25, 0.3) is 0 Å². The summed E-state index contributed by atoms with van der Waals surface area (Å²) in [5.74, 6) is 0.259. The van der Waals surface area contributed by atoms with E-state index < -0.39 is 9.84 Å². The second-order valence-electron chi connectivity index (χ2n) is 7.16. The van der Waals surface area contributed by atoms with Gasteiger partial charge in [0.05, 0.1) is 10.6 Å². The SMILES string of the molecule is Cc1ccc(S(=O)(=O)CCc2nnc(NC(=O)CCCC(=O)Nc3cc(C)on3)s2)cc1. The molecule has 0 saturated heterocycles. The van der Waals surface area contributed by atoms with E-state index in [1.54, 1.807) is 37.3 Å². The summed E-state index contributed by atoms with van der Waals surface area (Å²) in [7, 11) is -3.43. The number of nitrogens with zero attached hydrogens (tertiary/aromatic N) is 3. The van der Waals surface area contributed by atoms with Crippen molar-refractivity contribution in [1.29, 1.82) is 0 Å². The minimum atomic E-state index is -3.43. The third-order valence-corrected chi connectivity index (χ3v) is 7.01. The number of aromatic nitrogens is 3. The first kappa shape index (κ1) is 23.5. The van der Waals surface area contributed by atoms with E-state index in [2.05, 4.69) is 26.0 Å². The molecule has 12 heteroatoms. The lowest BCUT2D eigenvalue weighted by atomic mass is 10.2. The van der Waals surface area contributed by atoms with Crippen LogP contribution >= 0.6 is 11.3 Å². The van der Waals surface area contributed by atoms with Gasteiger partial charge in [-0.1, -0.05) is 34.2 Å². The molecule has 2 amide bonds. The molecule has 0 aliphatic heterocycles. The van der Waals surface area contributed by atoms with Crippen molar-refractivity contribution < 1.29 is 22.5 Å². The molecular formula is C20H23N5O5S2. The number of benzene rings is 1. The van der Waals surface area contributed by atoms with Crippen LogP contribution in [0, 0.1) is 13.8 Å². The van der Waals surface area contributed by atoms with E-state index in [0.717, 1.165) is 16.9 Å². The molecule has 0 bridgehead atoms. The Morgan fingerprint density at radius 3 is 2.38 bits per heavy atom. The lowest BCUT2D eigenvalue weighted by Gasteiger charge is -2.03. The largest absolute Gasteiger partial charge is 0.360 e. The van der Waals surface area contributed by atoms with Crippen molar-refractivity contribution in [3.8, 4) is 0 Å². The van der Waals surface area contributed by atoms with Crippen LogP contribution in [0.25, 0.3) is 0 Å². The highest BCUT2D eigenvalue weighted by Crippen LogP contribution is 2.19. The fourth-order valence-corrected chi connectivity index (χ4v) is 4.85. The number of hydrogen-bond acceptors (Lipinski definition) is 9. The molecule has 32 heavy (non-hydrogen) atoms. The number of aryl methyl sites for hydroxylation is 3. The molecule has 0 saturated carbocycles. The Morgan fingerprint density at radius 1 is 1.03 bits per heavy atom. The molecule has 3 aromatic rings. The maximum Gasteiger partial charge on any atom is 0.226 e. The minimum absolute atomic E-state index is 0.0984. The summed E-state index contributed by atoms with van der Waals surface area (Å²) >= 11 is 1.13. The van der Waals surface area contributed by atoms with Gasteiger partial charge in [-0.05, 0) is 32.4 Å². The monoisotopic (exact) mass is 477 g/mol. The zero-order valence-electron chi connectivity index (χ0n) is 17.6. The van der Waals surface area contributed by atoms with Crippen molar-refractivity contribution in [3.63, 3.8) is 0 Å². The summed E-state index contributed by atoms with van der Waals surface area (Å²) in [6.07, 6.45) is 0.819. The molecule has 0 spiro atoms. The van der Waals surface area contributed by atoms with Crippen LogP contribution in [0.1, 0.15) is 35.6 Å². The number of hydrogen-bond donors (Lipinski definition) is 2. The first-order valence-corrected chi connectivity index (χ1v) is 12.3. The Kier molecular flexibility index (Phi) is 7.70. The van der Waals surface area contributed by atoms with Gasteiger partial charge in [0, 0.05) is 25.3 Å².